The summed E-state index contributed by atoms with van der Waals surface area (Å²) in [5, 5.41) is 2.69. The van der Waals surface area contributed by atoms with Gasteiger partial charge in [0.05, 0.1) is 4.90 Å². The van der Waals surface area contributed by atoms with Gasteiger partial charge in [0, 0.05) is 18.2 Å². The third kappa shape index (κ3) is 4.79. The van der Waals surface area contributed by atoms with Crippen molar-refractivity contribution in [3.8, 4) is 0 Å². The van der Waals surface area contributed by atoms with Crippen molar-refractivity contribution in [2.45, 2.75) is 17.9 Å². The lowest BCUT2D eigenvalue weighted by Gasteiger charge is -2.11. The van der Waals surface area contributed by atoms with Gasteiger partial charge < -0.3 is 11.1 Å². The minimum atomic E-state index is -3.47. The molecule has 1 aromatic carbocycles. The molecule has 0 bridgehead atoms. The topological polar surface area (TPSA) is 101 Å². The van der Waals surface area contributed by atoms with Gasteiger partial charge in [-0.15, -0.1) is 12.4 Å². The third-order valence-electron chi connectivity index (χ3n) is 2.43. The number of hydrogen-bond donors (Lipinski definition) is 3. The Morgan fingerprint density at radius 1 is 1.32 bits per heavy atom. The number of amides is 1. The standard InChI is InChI=1S/C11H17N3O3S.ClH/c1-8(7-12)14-11(15)9-3-5-10(6-4-9)18(16,17)13-2;/h3-6,8,13H,7,12H2,1-2H3,(H,14,15);1H/t8-;/m0./s1. The summed E-state index contributed by atoms with van der Waals surface area (Å²) < 4.78 is 25.2. The largest absolute Gasteiger partial charge is 0.348 e. The van der Waals surface area contributed by atoms with E-state index in [0.29, 0.717) is 12.1 Å². The van der Waals surface area contributed by atoms with Crippen molar-refractivity contribution in [1.82, 2.24) is 10.0 Å². The molecule has 0 aromatic heterocycles. The maximum atomic E-state index is 11.7. The summed E-state index contributed by atoms with van der Waals surface area (Å²) in [5.74, 6) is -0.277. The first-order chi connectivity index (χ1) is 8.40. The van der Waals surface area contributed by atoms with Gasteiger partial charge >= 0.3 is 0 Å². The molecule has 1 aromatic rings. The van der Waals surface area contributed by atoms with Crippen LogP contribution in [0.15, 0.2) is 29.2 Å². The fraction of sp³-hybridized carbons (Fsp3) is 0.364. The van der Waals surface area contributed by atoms with E-state index in [4.69, 9.17) is 5.73 Å². The van der Waals surface area contributed by atoms with E-state index in [1.807, 2.05) is 0 Å². The van der Waals surface area contributed by atoms with Crippen molar-refractivity contribution < 1.29 is 13.2 Å². The minimum Gasteiger partial charge on any atom is -0.348 e. The van der Waals surface area contributed by atoms with Crippen LogP contribution >= 0.6 is 12.4 Å². The van der Waals surface area contributed by atoms with Crippen LogP contribution < -0.4 is 15.8 Å². The fourth-order valence-electron chi connectivity index (χ4n) is 1.27. The first-order valence-electron chi connectivity index (χ1n) is 5.45. The molecule has 108 valence electrons. The Kier molecular flexibility index (Phi) is 6.99. The van der Waals surface area contributed by atoms with Crippen LogP contribution in [-0.2, 0) is 10.0 Å². The number of halogens is 1. The Morgan fingerprint density at radius 3 is 2.26 bits per heavy atom. The Balaban J connectivity index is 0.00000324. The van der Waals surface area contributed by atoms with E-state index in [9.17, 15) is 13.2 Å². The van der Waals surface area contributed by atoms with Crippen molar-refractivity contribution in [3.05, 3.63) is 29.8 Å². The Labute approximate surface area is 119 Å². The molecular formula is C11H18ClN3O3S. The Morgan fingerprint density at radius 2 is 1.84 bits per heavy atom. The number of nitrogens with one attached hydrogen (secondary N) is 2. The molecule has 0 aliphatic heterocycles. The molecule has 0 unspecified atom stereocenters. The van der Waals surface area contributed by atoms with Crippen molar-refractivity contribution >= 4 is 28.3 Å². The number of rotatable bonds is 5. The number of carbonyl (C=O) groups excluding carboxylic acids is 1. The van der Waals surface area contributed by atoms with Crippen LogP contribution in [0.3, 0.4) is 0 Å². The number of carbonyl (C=O) groups is 1. The SMILES string of the molecule is CNS(=O)(=O)c1ccc(C(=O)N[C@@H](C)CN)cc1.Cl. The average molecular weight is 308 g/mol. The van der Waals surface area contributed by atoms with Crippen LogP contribution in [0.2, 0.25) is 0 Å². The smallest absolute Gasteiger partial charge is 0.251 e. The summed E-state index contributed by atoms with van der Waals surface area (Å²) in [6.45, 7) is 2.13. The van der Waals surface area contributed by atoms with Gasteiger partial charge in [0.1, 0.15) is 0 Å². The molecule has 4 N–H and O–H groups in total. The van der Waals surface area contributed by atoms with Gasteiger partial charge in [-0.3, -0.25) is 4.79 Å². The predicted molar refractivity (Wildman–Crippen MR) is 75.9 cm³/mol. The second kappa shape index (κ2) is 7.44. The molecule has 1 amide bonds. The van der Waals surface area contributed by atoms with Crippen LogP contribution in [0.25, 0.3) is 0 Å². The van der Waals surface area contributed by atoms with E-state index < -0.39 is 10.0 Å². The van der Waals surface area contributed by atoms with Gasteiger partial charge in [-0.25, -0.2) is 13.1 Å². The average Bonchev–Trinajstić information content (AvgIpc) is 2.38. The van der Waals surface area contributed by atoms with Gasteiger partial charge in [0.2, 0.25) is 10.0 Å². The molecule has 0 saturated heterocycles. The number of hydrogen-bond acceptors (Lipinski definition) is 4. The monoisotopic (exact) mass is 307 g/mol. The lowest BCUT2D eigenvalue weighted by Crippen LogP contribution is -2.37. The molecule has 0 aliphatic carbocycles. The number of nitrogens with two attached hydrogens (primary N) is 1. The lowest BCUT2D eigenvalue weighted by molar-refractivity contribution is 0.0941. The van der Waals surface area contributed by atoms with Crippen molar-refractivity contribution in [1.29, 1.82) is 0 Å². The summed E-state index contributed by atoms with van der Waals surface area (Å²) in [6.07, 6.45) is 0. The first-order valence-corrected chi connectivity index (χ1v) is 6.93. The van der Waals surface area contributed by atoms with E-state index in [-0.39, 0.29) is 29.3 Å². The molecule has 8 heteroatoms. The summed E-state index contributed by atoms with van der Waals surface area (Å²) in [5.41, 5.74) is 5.79. The van der Waals surface area contributed by atoms with Gasteiger partial charge in [0.25, 0.3) is 5.91 Å². The van der Waals surface area contributed by atoms with E-state index in [1.54, 1.807) is 6.92 Å². The van der Waals surface area contributed by atoms with Gasteiger partial charge in [-0.05, 0) is 38.2 Å². The molecule has 0 aliphatic rings. The van der Waals surface area contributed by atoms with E-state index >= 15 is 0 Å². The highest BCUT2D eigenvalue weighted by atomic mass is 35.5. The van der Waals surface area contributed by atoms with Crippen molar-refractivity contribution in [2.75, 3.05) is 13.6 Å². The highest BCUT2D eigenvalue weighted by Crippen LogP contribution is 2.10. The zero-order valence-corrected chi connectivity index (χ0v) is 12.3. The number of benzene rings is 1. The van der Waals surface area contributed by atoms with Crippen LogP contribution in [0.1, 0.15) is 17.3 Å². The lowest BCUT2D eigenvalue weighted by atomic mass is 10.2. The zero-order valence-electron chi connectivity index (χ0n) is 10.7. The first kappa shape index (κ1) is 17.8. The summed E-state index contributed by atoms with van der Waals surface area (Å²) in [7, 11) is -2.14. The molecule has 0 heterocycles. The second-order valence-corrected chi connectivity index (χ2v) is 5.73. The van der Waals surface area contributed by atoms with Gasteiger partial charge in [-0.2, -0.15) is 0 Å². The van der Waals surface area contributed by atoms with Gasteiger partial charge in [0.15, 0.2) is 0 Å². The molecule has 19 heavy (non-hydrogen) atoms. The highest BCUT2D eigenvalue weighted by Gasteiger charge is 2.13. The molecule has 0 spiro atoms. The zero-order chi connectivity index (χ0) is 13.8. The predicted octanol–water partition coefficient (Wildman–Crippen LogP) is 0.0935. The normalized spacial score (nSPS) is 12.4. The molecule has 0 saturated carbocycles. The Hall–Kier alpha value is -1.15. The molecule has 6 nitrogen and oxygen atoms in total. The second-order valence-electron chi connectivity index (χ2n) is 3.84. The van der Waals surface area contributed by atoms with Crippen molar-refractivity contribution in [3.63, 3.8) is 0 Å². The number of sulfonamides is 1. The molecule has 1 atom stereocenters. The summed E-state index contributed by atoms with van der Waals surface area (Å²) in [6, 6.07) is 5.56. The maximum absolute atomic E-state index is 11.7. The highest BCUT2D eigenvalue weighted by molar-refractivity contribution is 7.89. The third-order valence-corrected chi connectivity index (χ3v) is 3.86. The Bertz CT molecular complexity index is 516. The molecule has 0 fully saturated rings. The maximum Gasteiger partial charge on any atom is 0.251 e. The summed E-state index contributed by atoms with van der Waals surface area (Å²) >= 11 is 0. The van der Waals surface area contributed by atoms with Gasteiger partial charge in [-0.1, -0.05) is 0 Å². The van der Waals surface area contributed by atoms with E-state index in [2.05, 4.69) is 10.0 Å². The fourth-order valence-corrected chi connectivity index (χ4v) is 2.00. The van der Waals surface area contributed by atoms with Crippen LogP contribution in [0.5, 0.6) is 0 Å². The minimum absolute atomic E-state index is 0. The van der Waals surface area contributed by atoms with Crippen LogP contribution in [-0.4, -0.2) is 34.0 Å². The quantitative estimate of drug-likeness (QED) is 0.717. The van der Waals surface area contributed by atoms with Crippen molar-refractivity contribution in [2.24, 2.45) is 5.73 Å². The summed E-state index contributed by atoms with van der Waals surface area (Å²) in [4.78, 5) is 11.8. The van der Waals surface area contributed by atoms with E-state index in [0.717, 1.165) is 0 Å². The van der Waals surface area contributed by atoms with Crippen LogP contribution in [0.4, 0.5) is 0 Å². The molecule has 0 radical (unpaired) electrons. The van der Waals surface area contributed by atoms with E-state index in [1.165, 1.54) is 31.3 Å². The molecular weight excluding hydrogens is 290 g/mol. The van der Waals surface area contributed by atoms with Crippen LogP contribution in [0, 0.1) is 0 Å². The molecule has 1 rings (SSSR count).